The number of sulfonamides is 1. The number of amides is 1. The molecule has 2 aromatic carbocycles. The van der Waals surface area contributed by atoms with E-state index >= 15 is 0 Å². The first-order chi connectivity index (χ1) is 13.7. The number of anilines is 1. The van der Waals surface area contributed by atoms with Crippen molar-refractivity contribution in [3.8, 4) is 0 Å². The molecule has 0 aliphatic heterocycles. The maximum atomic E-state index is 12.9. The summed E-state index contributed by atoms with van der Waals surface area (Å²) in [4.78, 5) is 24.4. The standard InChI is InChI=1S/C20H23FN2O5S/c1-4-23(5-2)29(26,27)18-12-6-15(7-13-18)20(25)28-14(3)19(24)22-17-10-8-16(21)9-11-17/h6-14H,4-5H2,1-3H3,(H,22,24)/t14-/m0/s1. The van der Waals surface area contributed by atoms with Gasteiger partial charge in [-0.15, -0.1) is 0 Å². The van der Waals surface area contributed by atoms with Gasteiger partial charge in [0.2, 0.25) is 10.0 Å². The molecule has 156 valence electrons. The van der Waals surface area contributed by atoms with E-state index in [4.69, 9.17) is 4.74 Å². The molecular weight excluding hydrogens is 399 g/mol. The first kappa shape index (κ1) is 22.5. The summed E-state index contributed by atoms with van der Waals surface area (Å²) in [5.41, 5.74) is 0.482. The van der Waals surface area contributed by atoms with E-state index in [0.717, 1.165) is 0 Å². The van der Waals surface area contributed by atoms with Crippen LogP contribution in [0.1, 0.15) is 31.1 Å². The van der Waals surface area contributed by atoms with Crippen molar-refractivity contribution in [1.29, 1.82) is 0 Å². The van der Waals surface area contributed by atoms with Crippen LogP contribution in [0.5, 0.6) is 0 Å². The SMILES string of the molecule is CCN(CC)S(=O)(=O)c1ccc(C(=O)O[C@@H](C)C(=O)Nc2ccc(F)cc2)cc1. The fraction of sp³-hybridized carbons (Fsp3) is 0.300. The number of carbonyl (C=O) groups is 2. The third-order valence-electron chi connectivity index (χ3n) is 4.20. The zero-order valence-corrected chi connectivity index (χ0v) is 17.2. The molecule has 0 bridgehead atoms. The quantitative estimate of drug-likeness (QED) is 0.660. The lowest BCUT2D eigenvalue weighted by atomic mass is 10.2. The van der Waals surface area contributed by atoms with Crippen LogP contribution in [0.4, 0.5) is 10.1 Å². The zero-order chi connectivity index (χ0) is 21.6. The highest BCUT2D eigenvalue weighted by Crippen LogP contribution is 2.17. The van der Waals surface area contributed by atoms with Gasteiger partial charge >= 0.3 is 5.97 Å². The molecule has 1 N–H and O–H groups in total. The Morgan fingerprint density at radius 1 is 1.03 bits per heavy atom. The lowest BCUT2D eigenvalue weighted by Gasteiger charge is -2.18. The van der Waals surface area contributed by atoms with E-state index in [0.29, 0.717) is 18.8 Å². The number of hydrogen-bond acceptors (Lipinski definition) is 5. The second-order valence-electron chi connectivity index (χ2n) is 6.16. The van der Waals surface area contributed by atoms with Crippen molar-refractivity contribution < 1.29 is 27.1 Å². The van der Waals surface area contributed by atoms with Gasteiger partial charge in [-0.2, -0.15) is 4.31 Å². The van der Waals surface area contributed by atoms with E-state index in [1.807, 2.05) is 0 Å². The first-order valence-electron chi connectivity index (χ1n) is 9.06. The number of hydrogen-bond donors (Lipinski definition) is 1. The van der Waals surface area contributed by atoms with E-state index in [-0.39, 0.29) is 10.5 Å². The van der Waals surface area contributed by atoms with Crippen molar-refractivity contribution >= 4 is 27.6 Å². The molecule has 2 aromatic rings. The van der Waals surface area contributed by atoms with Gasteiger partial charge in [0.1, 0.15) is 5.82 Å². The van der Waals surface area contributed by atoms with Crippen LogP contribution in [0.15, 0.2) is 53.4 Å². The Labute approximate surface area is 169 Å². The molecule has 0 heterocycles. The number of nitrogens with one attached hydrogen (secondary N) is 1. The van der Waals surface area contributed by atoms with E-state index in [2.05, 4.69) is 5.32 Å². The monoisotopic (exact) mass is 422 g/mol. The highest BCUT2D eigenvalue weighted by Gasteiger charge is 2.23. The molecule has 1 atom stereocenters. The Morgan fingerprint density at radius 3 is 2.10 bits per heavy atom. The van der Waals surface area contributed by atoms with Crippen LogP contribution in [0.25, 0.3) is 0 Å². The van der Waals surface area contributed by atoms with Gasteiger partial charge in [-0.25, -0.2) is 17.6 Å². The predicted octanol–water partition coefficient (Wildman–Crippen LogP) is 3.04. The first-order valence-corrected chi connectivity index (χ1v) is 10.5. The summed E-state index contributed by atoms with van der Waals surface area (Å²) in [6, 6.07) is 10.5. The van der Waals surface area contributed by atoms with Gasteiger partial charge in [0, 0.05) is 18.8 Å². The van der Waals surface area contributed by atoms with Crippen LogP contribution in [-0.2, 0) is 19.6 Å². The van der Waals surface area contributed by atoms with Crippen molar-refractivity contribution in [2.45, 2.75) is 31.8 Å². The molecule has 0 saturated heterocycles. The van der Waals surface area contributed by atoms with Crippen LogP contribution in [0.3, 0.4) is 0 Å². The van der Waals surface area contributed by atoms with E-state index in [9.17, 15) is 22.4 Å². The average molecular weight is 422 g/mol. The van der Waals surface area contributed by atoms with E-state index in [1.165, 1.54) is 59.8 Å². The number of rotatable bonds is 8. The third kappa shape index (κ3) is 5.61. The number of carbonyl (C=O) groups excluding carboxylic acids is 2. The average Bonchev–Trinajstić information content (AvgIpc) is 2.70. The number of benzene rings is 2. The minimum atomic E-state index is -3.63. The van der Waals surface area contributed by atoms with Gasteiger partial charge in [-0.05, 0) is 55.5 Å². The lowest BCUT2D eigenvalue weighted by Crippen LogP contribution is -2.31. The Morgan fingerprint density at radius 2 is 1.59 bits per heavy atom. The fourth-order valence-electron chi connectivity index (χ4n) is 2.53. The minimum Gasteiger partial charge on any atom is -0.449 e. The maximum absolute atomic E-state index is 12.9. The molecule has 0 aliphatic carbocycles. The largest absolute Gasteiger partial charge is 0.449 e. The molecular formula is C20H23FN2O5S. The van der Waals surface area contributed by atoms with Gasteiger partial charge < -0.3 is 10.1 Å². The Kier molecular flexibility index (Phi) is 7.46. The smallest absolute Gasteiger partial charge is 0.338 e. The summed E-state index contributed by atoms with van der Waals surface area (Å²) in [5, 5.41) is 2.51. The molecule has 9 heteroatoms. The lowest BCUT2D eigenvalue weighted by molar-refractivity contribution is -0.123. The van der Waals surface area contributed by atoms with Crippen LogP contribution in [0.2, 0.25) is 0 Å². The molecule has 29 heavy (non-hydrogen) atoms. The third-order valence-corrected chi connectivity index (χ3v) is 6.26. The number of esters is 1. The number of ether oxygens (including phenoxy) is 1. The summed E-state index contributed by atoms with van der Waals surface area (Å²) in [6.07, 6.45) is -1.10. The van der Waals surface area contributed by atoms with Crippen molar-refractivity contribution in [2.24, 2.45) is 0 Å². The predicted molar refractivity (Wildman–Crippen MR) is 106 cm³/mol. The van der Waals surface area contributed by atoms with Crippen molar-refractivity contribution in [3.05, 3.63) is 59.9 Å². The highest BCUT2D eigenvalue weighted by molar-refractivity contribution is 7.89. The molecule has 0 saturated carbocycles. The zero-order valence-electron chi connectivity index (χ0n) is 16.4. The van der Waals surface area contributed by atoms with Gasteiger partial charge in [0.05, 0.1) is 10.5 Å². The second kappa shape index (κ2) is 9.62. The molecule has 0 aromatic heterocycles. The van der Waals surface area contributed by atoms with Crippen LogP contribution in [0, 0.1) is 5.82 Å². The summed E-state index contributed by atoms with van der Waals surface area (Å²) in [5.74, 6) is -1.78. The van der Waals surface area contributed by atoms with Gasteiger partial charge in [0.25, 0.3) is 5.91 Å². The Bertz CT molecular complexity index is 955. The van der Waals surface area contributed by atoms with Crippen molar-refractivity contribution in [3.63, 3.8) is 0 Å². The fourth-order valence-corrected chi connectivity index (χ4v) is 3.99. The molecule has 1 amide bonds. The second-order valence-corrected chi connectivity index (χ2v) is 8.10. The summed E-state index contributed by atoms with van der Waals surface area (Å²) in [7, 11) is -3.63. The molecule has 0 radical (unpaired) electrons. The topological polar surface area (TPSA) is 92.8 Å². The van der Waals surface area contributed by atoms with Crippen LogP contribution in [-0.4, -0.2) is 43.8 Å². The van der Waals surface area contributed by atoms with Gasteiger partial charge in [-0.1, -0.05) is 13.8 Å². The number of nitrogens with zero attached hydrogens (tertiary/aromatic N) is 1. The van der Waals surface area contributed by atoms with Gasteiger partial charge in [-0.3, -0.25) is 4.79 Å². The Hall–Kier alpha value is -2.78. The van der Waals surface area contributed by atoms with Crippen molar-refractivity contribution in [1.82, 2.24) is 4.31 Å². The highest BCUT2D eigenvalue weighted by atomic mass is 32.2. The van der Waals surface area contributed by atoms with E-state index < -0.39 is 33.8 Å². The molecule has 7 nitrogen and oxygen atoms in total. The normalized spacial score (nSPS) is 12.4. The van der Waals surface area contributed by atoms with Crippen molar-refractivity contribution in [2.75, 3.05) is 18.4 Å². The molecule has 0 fully saturated rings. The van der Waals surface area contributed by atoms with Crippen LogP contribution >= 0.6 is 0 Å². The molecule has 2 rings (SSSR count). The van der Waals surface area contributed by atoms with Gasteiger partial charge in [0.15, 0.2) is 6.10 Å². The van der Waals surface area contributed by atoms with E-state index in [1.54, 1.807) is 13.8 Å². The Balaban J connectivity index is 2.03. The summed E-state index contributed by atoms with van der Waals surface area (Å²) in [6.45, 7) is 5.55. The molecule has 0 aliphatic rings. The summed E-state index contributed by atoms with van der Waals surface area (Å²) < 4.78 is 44.3. The maximum Gasteiger partial charge on any atom is 0.338 e. The molecule has 0 spiro atoms. The minimum absolute atomic E-state index is 0.0693. The summed E-state index contributed by atoms with van der Waals surface area (Å²) >= 11 is 0. The molecule has 0 unspecified atom stereocenters. The number of halogens is 1. The van der Waals surface area contributed by atoms with Crippen LogP contribution < -0.4 is 5.32 Å².